The molecule has 2 aliphatic rings. The Hall–Kier alpha value is -1.69. The monoisotopic (exact) mass is 382 g/mol. The number of carbonyl (C=O) groups excluding carboxylic acids is 3. The van der Waals surface area contributed by atoms with Gasteiger partial charge >= 0.3 is 0 Å². The second-order valence-corrected chi connectivity index (χ2v) is 8.21. The van der Waals surface area contributed by atoms with Crippen LogP contribution in [0.4, 0.5) is 8.78 Å². The molecule has 0 saturated heterocycles. The first-order valence-corrected chi connectivity index (χ1v) is 9.50. The smallest absolute Gasteiger partial charge is 0.198 e. The average Bonchev–Trinajstić information content (AvgIpc) is 2.67. The third-order valence-electron chi connectivity index (χ3n) is 6.26. The molecule has 27 heavy (non-hydrogen) atoms. The van der Waals surface area contributed by atoms with Crippen LogP contribution in [0.15, 0.2) is 23.8 Å². The van der Waals surface area contributed by atoms with Crippen molar-refractivity contribution in [3.63, 3.8) is 0 Å². The molecular formula is C21H28F2O4. The van der Waals surface area contributed by atoms with Crippen molar-refractivity contribution in [3.8, 4) is 0 Å². The quantitative estimate of drug-likeness (QED) is 0.597. The number of rotatable bonds is 4. The summed E-state index contributed by atoms with van der Waals surface area (Å²) in [5.41, 5.74) is -3.66. The normalized spacial score (nSPS) is 39.0. The first-order chi connectivity index (χ1) is 12.5. The van der Waals surface area contributed by atoms with Crippen LogP contribution in [0.5, 0.6) is 0 Å². The zero-order valence-corrected chi connectivity index (χ0v) is 16.1. The standard InChI is InChI=1S/C21H28F2O4/c1-13-4-5-15(18(26)12-24)6-7-19(27)21(23,11-13)20(3)9-8-16(25)10-17(20)14(2)22/h8-10,12-15,19,27H,4-7,11H2,1-3H3. The summed E-state index contributed by atoms with van der Waals surface area (Å²) in [6.45, 7) is 4.58. The minimum Gasteiger partial charge on any atom is -0.390 e. The highest BCUT2D eigenvalue weighted by atomic mass is 19.1. The number of aliphatic hydroxyl groups excluding tert-OH is 1. The number of alkyl halides is 2. The number of hydrogen-bond donors (Lipinski definition) is 1. The van der Waals surface area contributed by atoms with Gasteiger partial charge in [-0.1, -0.05) is 13.0 Å². The molecule has 0 amide bonds. The molecule has 1 N–H and O–H groups in total. The minimum atomic E-state index is -2.20. The maximum Gasteiger partial charge on any atom is 0.198 e. The lowest BCUT2D eigenvalue weighted by molar-refractivity contribution is -0.133. The zero-order chi connectivity index (χ0) is 20.4. The van der Waals surface area contributed by atoms with Crippen LogP contribution in [-0.2, 0) is 14.4 Å². The Morgan fingerprint density at radius 2 is 1.96 bits per heavy atom. The van der Waals surface area contributed by atoms with Crippen LogP contribution in [0.25, 0.3) is 0 Å². The van der Waals surface area contributed by atoms with Gasteiger partial charge in [0.2, 0.25) is 0 Å². The van der Waals surface area contributed by atoms with Crippen LogP contribution in [0, 0.1) is 17.3 Å². The van der Waals surface area contributed by atoms with Crippen LogP contribution in [0.3, 0.4) is 0 Å². The van der Waals surface area contributed by atoms with Crippen LogP contribution in [0.2, 0.25) is 0 Å². The maximum absolute atomic E-state index is 16.5. The van der Waals surface area contributed by atoms with E-state index in [4.69, 9.17) is 0 Å². The van der Waals surface area contributed by atoms with Crippen LogP contribution in [0.1, 0.15) is 52.9 Å². The fourth-order valence-corrected chi connectivity index (χ4v) is 4.50. The van der Waals surface area contributed by atoms with Crippen molar-refractivity contribution in [2.45, 2.75) is 70.8 Å². The van der Waals surface area contributed by atoms with Crippen molar-refractivity contribution in [1.29, 1.82) is 0 Å². The van der Waals surface area contributed by atoms with E-state index in [0.29, 0.717) is 12.8 Å². The lowest BCUT2D eigenvalue weighted by Crippen LogP contribution is -2.54. The van der Waals surface area contributed by atoms with E-state index in [1.807, 2.05) is 6.92 Å². The molecule has 6 heteroatoms. The van der Waals surface area contributed by atoms with Crippen molar-refractivity contribution in [2.75, 3.05) is 0 Å². The Morgan fingerprint density at radius 3 is 2.56 bits per heavy atom. The second kappa shape index (κ2) is 8.13. The van der Waals surface area contributed by atoms with Gasteiger partial charge in [-0.05, 0) is 69.6 Å². The molecule has 0 aromatic carbocycles. The van der Waals surface area contributed by atoms with Gasteiger partial charge in [0, 0.05) is 11.3 Å². The SMILES string of the molecule is CC1CCC(C(=O)C=O)CCC(O)C(F)(C2(C)C=CC(=O)C=C2C(C)F)C1. The van der Waals surface area contributed by atoms with E-state index < -0.39 is 40.8 Å². The first kappa shape index (κ1) is 21.6. The summed E-state index contributed by atoms with van der Waals surface area (Å²) in [4.78, 5) is 34.4. The first-order valence-electron chi connectivity index (χ1n) is 9.50. The molecule has 0 bridgehead atoms. The fraction of sp³-hybridized carbons (Fsp3) is 0.667. The molecule has 6 atom stereocenters. The zero-order valence-electron chi connectivity index (χ0n) is 16.1. The Balaban J connectivity index is 2.44. The van der Waals surface area contributed by atoms with E-state index >= 15 is 4.39 Å². The van der Waals surface area contributed by atoms with Crippen LogP contribution >= 0.6 is 0 Å². The summed E-state index contributed by atoms with van der Waals surface area (Å²) in [6.07, 6.45) is 2.10. The van der Waals surface area contributed by atoms with Crippen molar-refractivity contribution in [2.24, 2.45) is 17.3 Å². The highest BCUT2D eigenvalue weighted by Gasteiger charge is 2.56. The van der Waals surface area contributed by atoms with Gasteiger partial charge < -0.3 is 5.11 Å². The summed E-state index contributed by atoms with van der Waals surface area (Å²) in [5, 5.41) is 10.8. The van der Waals surface area contributed by atoms with Crippen molar-refractivity contribution in [3.05, 3.63) is 23.8 Å². The molecule has 1 fully saturated rings. The molecule has 0 spiro atoms. The van der Waals surface area contributed by atoms with Crippen molar-refractivity contribution >= 4 is 17.9 Å². The van der Waals surface area contributed by atoms with Crippen LogP contribution < -0.4 is 0 Å². The molecule has 1 saturated carbocycles. The van der Waals surface area contributed by atoms with E-state index in [1.54, 1.807) is 0 Å². The highest BCUT2D eigenvalue weighted by molar-refractivity contribution is 6.25. The molecule has 6 unspecified atom stereocenters. The Kier molecular flexibility index (Phi) is 6.51. The molecule has 0 aliphatic heterocycles. The van der Waals surface area contributed by atoms with E-state index in [2.05, 4.69) is 0 Å². The van der Waals surface area contributed by atoms with Crippen molar-refractivity contribution < 1.29 is 28.3 Å². The Morgan fingerprint density at radius 1 is 1.33 bits per heavy atom. The average molecular weight is 382 g/mol. The Bertz CT molecular complexity index is 669. The van der Waals surface area contributed by atoms with Gasteiger partial charge in [-0.25, -0.2) is 8.78 Å². The molecule has 0 radical (unpaired) electrons. The fourth-order valence-electron chi connectivity index (χ4n) is 4.50. The van der Waals surface area contributed by atoms with Crippen molar-refractivity contribution in [1.82, 2.24) is 0 Å². The number of aliphatic hydroxyl groups is 1. The van der Waals surface area contributed by atoms with Gasteiger partial charge in [-0.2, -0.15) is 0 Å². The van der Waals surface area contributed by atoms with E-state index in [1.165, 1.54) is 26.0 Å². The molecule has 150 valence electrons. The molecule has 4 nitrogen and oxygen atoms in total. The van der Waals surface area contributed by atoms with Gasteiger partial charge in [-0.15, -0.1) is 0 Å². The second-order valence-electron chi connectivity index (χ2n) is 8.21. The lowest BCUT2D eigenvalue weighted by atomic mass is 9.61. The van der Waals surface area contributed by atoms with E-state index in [0.717, 1.165) is 6.08 Å². The molecule has 0 aromatic heterocycles. The Labute approximate surface area is 158 Å². The molecule has 2 rings (SSSR count). The van der Waals surface area contributed by atoms with Gasteiger partial charge in [0.1, 0.15) is 11.8 Å². The number of carbonyl (C=O) groups is 3. The number of aldehydes is 1. The van der Waals surface area contributed by atoms with E-state index in [9.17, 15) is 23.9 Å². The molecule has 2 aliphatic carbocycles. The highest BCUT2D eigenvalue weighted by Crippen LogP contribution is 2.52. The predicted octanol–water partition coefficient (Wildman–Crippen LogP) is 3.47. The van der Waals surface area contributed by atoms with E-state index in [-0.39, 0.29) is 37.0 Å². The number of ketones is 2. The van der Waals surface area contributed by atoms with Gasteiger partial charge in [0.25, 0.3) is 0 Å². The predicted molar refractivity (Wildman–Crippen MR) is 97.6 cm³/mol. The molecule has 0 heterocycles. The number of hydrogen-bond acceptors (Lipinski definition) is 4. The third-order valence-corrected chi connectivity index (χ3v) is 6.26. The maximum atomic E-state index is 16.5. The number of Topliss-reactive ketones (excluding diaryl/α,β-unsaturated/α-hetero) is 1. The van der Waals surface area contributed by atoms with Crippen LogP contribution in [-0.4, -0.2) is 40.9 Å². The number of halogens is 2. The van der Waals surface area contributed by atoms with Gasteiger partial charge in [0.15, 0.2) is 17.9 Å². The third kappa shape index (κ3) is 4.10. The number of allylic oxidation sites excluding steroid dienone is 4. The summed E-state index contributed by atoms with van der Waals surface area (Å²) in [7, 11) is 0. The largest absolute Gasteiger partial charge is 0.390 e. The summed E-state index contributed by atoms with van der Waals surface area (Å²) in [5.74, 6) is -1.66. The topological polar surface area (TPSA) is 71.4 Å². The van der Waals surface area contributed by atoms with Gasteiger partial charge in [0.05, 0.1) is 6.10 Å². The molecule has 0 aromatic rings. The summed E-state index contributed by atoms with van der Waals surface area (Å²) in [6, 6.07) is 0. The van der Waals surface area contributed by atoms with Gasteiger partial charge in [-0.3, -0.25) is 14.4 Å². The summed E-state index contributed by atoms with van der Waals surface area (Å²) >= 11 is 0. The lowest BCUT2D eigenvalue weighted by Gasteiger charge is -2.48. The molecular weight excluding hydrogens is 354 g/mol. The summed E-state index contributed by atoms with van der Waals surface area (Å²) < 4.78 is 30.8. The minimum absolute atomic E-state index is 0.0151.